The number of rotatable bonds is 4. The van der Waals surface area contributed by atoms with Crippen molar-refractivity contribution in [3.63, 3.8) is 0 Å². The molecule has 1 amide bonds. The van der Waals surface area contributed by atoms with E-state index in [-0.39, 0.29) is 36.4 Å². The Bertz CT molecular complexity index is 1150. The van der Waals surface area contributed by atoms with E-state index in [1.54, 1.807) is 12.4 Å². The summed E-state index contributed by atoms with van der Waals surface area (Å²) in [6.45, 7) is 7.85. The third kappa shape index (κ3) is 4.56. The number of morpholine rings is 1. The summed E-state index contributed by atoms with van der Waals surface area (Å²) in [5, 5.41) is 0. The molecule has 200 valence electrons. The average molecular weight is 532 g/mol. The molecule has 0 aromatic carbocycles. The van der Waals surface area contributed by atoms with Gasteiger partial charge in [-0.3, -0.25) is 4.79 Å². The van der Waals surface area contributed by atoms with Crippen LogP contribution in [0.2, 0.25) is 0 Å². The van der Waals surface area contributed by atoms with Crippen LogP contribution in [0.1, 0.15) is 25.3 Å². The van der Waals surface area contributed by atoms with Gasteiger partial charge in [0.1, 0.15) is 11.4 Å². The first kappa shape index (κ1) is 25.8. The normalized spacial score (nSPS) is 27.4. The Morgan fingerprint density at radius 2 is 1.78 bits per heavy atom. The van der Waals surface area contributed by atoms with Crippen molar-refractivity contribution >= 4 is 36.0 Å². The zero-order chi connectivity index (χ0) is 24.9. The van der Waals surface area contributed by atoms with Crippen LogP contribution >= 0.6 is 12.4 Å². The summed E-state index contributed by atoms with van der Waals surface area (Å²) in [6.07, 6.45) is 5.65. The van der Waals surface area contributed by atoms with Gasteiger partial charge in [0.05, 0.1) is 31.1 Å². The molecule has 13 heteroatoms. The van der Waals surface area contributed by atoms with E-state index in [0.717, 1.165) is 55.1 Å². The molecule has 2 aromatic rings. The number of aromatic nitrogens is 4. The van der Waals surface area contributed by atoms with E-state index in [4.69, 9.17) is 30.9 Å². The van der Waals surface area contributed by atoms with Gasteiger partial charge in [-0.15, -0.1) is 12.4 Å². The van der Waals surface area contributed by atoms with Crippen LogP contribution in [0, 0.1) is 0 Å². The van der Waals surface area contributed by atoms with Gasteiger partial charge in [-0.1, -0.05) is 0 Å². The molecule has 12 nitrogen and oxygen atoms in total. The Morgan fingerprint density at radius 3 is 2.49 bits per heavy atom. The van der Waals surface area contributed by atoms with Crippen molar-refractivity contribution in [1.29, 1.82) is 0 Å². The summed E-state index contributed by atoms with van der Waals surface area (Å²) >= 11 is 0. The molecule has 37 heavy (non-hydrogen) atoms. The number of nitrogens with two attached hydrogens (primary N) is 2. The Labute approximate surface area is 222 Å². The average Bonchev–Trinajstić information content (AvgIpc) is 3.63. The minimum Gasteiger partial charge on any atom is -0.379 e. The lowest BCUT2D eigenvalue weighted by molar-refractivity contribution is -0.136. The van der Waals surface area contributed by atoms with Crippen molar-refractivity contribution in [2.75, 3.05) is 74.7 Å². The number of nitrogens with zero attached hydrogens (tertiary/aromatic N) is 7. The summed E-state index contributed by atoms with van der Waals surface area (Å²) in [5.41, 5.74) is 13.7. The Kier molecular flexibility index (Phi) is 6.86. The number of likely N-dealkylation sites (tertiary alicyclic amines) is 1. The van der Waals surface area contributed by atoms with Crippen molar-refractivity contribution in [2.45, 2.75) is 37.3 Å². The van der Waals surface area contributed by atoms with Crippen LogP contribution in [0.25, 0.3) is 11.3 Å². The molecule has 0 spiro atoms. The van der Waals surface area contributed by atoms with Gasteiger partial charge in [0.2, 0.25) is 17.8 Å². The number of fused-ring (bicyclic) bond motifs is 1. The summed E-state index contributed by atoms with van der Waals surface area (Å²) < 4.78 is 11.0. The van der Waals surface area contributed by atoms with Crippen molar-refractivity contribution in [2.24, 2.45) is 5.73 Å². The topological polar surface area (TPSA) is 149 Å². The van der Waals surface area contributed by atoms with Crippen molar-refractivity contribution in [3.05, 3.63) is 18.0 Å². The van der Waals surface area contributed by atoms with Gasteiger partial charge in [-0.25, -0.2) is 15.0 Å². The first-order valence-electron chi connectivity index (χ1n) is 12.6. The van der Waals surface area contributed by atoms with Gasteiger partial charge >= 0.3 is 0 Å². The number of halogens is 1. The van der Waals surface area contributed by atoms with E-state index < -0.39 is 5.54 Å². The molecule has 3 fully saturated rings. The standard InChI is InChI=1S/C24H33N9O3.ClH/c1-23(3-6-32(14-23)20(34)24(26)4-9-36-15-24)33-5-2-17-18(16-12-27-21(25)28-13-16)29-22(30-19(17)33)31-7-10-35-11-8-31;/h12-13H,2-11,14-15,26H2,1H3,(H2,25,27,28);1H/t23-,24?;/m0./s1. The van der Waals surface area contributed by atoms with Gasteiger partial charge in [0.15, 0.2) is 0 Å². The zero-order valence-electron chi connectivity index (χ0n) is 21.1. The van der Waals surface area contributed by atoms with E-state index in [1.165, 1.54) is 0 Å². The summed E-state index contributed by atoms with van der Waals surface area (Å²) in [5.74, 6) is 1.81. The van der Waals surface area contributed by atoms with E-state index in [9.17, 15) is 4.79 Å². The van der Waals surface area contributed by atoms with Crippen molar-refractivity contribution < 1.29 is 14.3 Å². The highest BCUT2D eigenvalue weighted by Crippen LogP contribution is 2.42. The molecule has 0 aliphatic carbocycles. The highest BCUT2D eigenvalue weighted by atomic mass is 35.5. The van der Waals surface area contributed by atoms with Crippen molar-refractivity contribution in [1.82, 2.24) is 24.8 Å². The fourth-order valence-corrected chi connectivity index (χ4v) is 5.78. The van der Waals surface area contributed by atoms with E-state index in [2.05, 4.69) is 26.7 Å². The lowest BCUT2D eigenvalue weighted by Crippen LogP contribution is -2.57. The van der Waals surface area contributed by atoms with Gasteiger partial charge in [-0.2, -0.15) is 4.98 Å². The van der Waals surface area contributed by atoms with Gasteiger partial charge < -0.3 is 35.6 Å². The molecule has 1 unspecified atom stereocenters. The second-order valence-electron chi connectivity index (χ2n) is 10.4. The summed E-state index contributed by atoms with van der Waals surface area (Å²) in [4.78, 5) is 38.2. The van der Waals surface area contributed by atoms with Crippen LogP contribution in [-0.4, -0.2) is 101 Å². The molecule has 2 aromatic heterocycles. The molecule has 0 bridgehead atoms. The molecule has 4 aliphatic heterocycles. The van der Waals surface area contributed by atoms with Gasteiger partial charge in [0, 0.05) is 62.9 Å². The molecular weight excluding hydrogens is 498 g/mol. The number of nitrogen functional groups attached to an aromatic ring is 1. The van der Waals surface area contributed by atoms with Crippen LogP contribution in [0.15, 0.2) is 12.4 Å². The maximum absolute atomic E-state index is 13.3. The lowest BCUT2D eigenvalue weighted by atomic mass is 9.97. The molecule has 0 saturated carbocycles. The van der Waals surface area contributed by atoms with Crippen LogP contribution in [0.4, 0.5) is 17.7 Å². The molecule has 4 N–H and O–H groups in total. The maximum Gasteiger partial charge on any atom is 0.245 e. The second kappa shape index (κ2) is 9.82. The minimum atomic E-state index is -0.915. The third-order valence-electron chi connectivity index (χ3n) is 7.92. The number of carbonyl (C=O) groups is 1. The van der Waals surface area contributed by atoms with Crippen LogP contribution in [0.3, 0.4) is 0 Å². The fraction of sp³-hybridized carbons (Fsp3) is 0.625. The molecule has 6 rings (SSSR count). The molecule has 2 atom stereocenters. The highest BCUT2D eigenvalue weighted by Gasteiger charge is 2.49. The van der Waals surface area contributed by atoms with E-state index >= 15 is 0 Å². The summed E-state index contributed by atoms with van der Waals surface area (Å²) in [7, 11) is 0. The number of ether oxygens (including phenoxy) is 2. The first-order valence-corrected chi connectivity index (χ1v) is 12.6. The molecule has 4 aliphatic rings. The number of amides is 1. The number of carbonyl (C=O) groups excluding carboxylic acids is 1. The minimum absolute atomic E-state index is 0. The molecule has 6 heterocycles. The second-order valence-corrected chi connectivity index (χ2v) is 10.4. The van der Waals surface area contributed by atoms with Crippen LogP contribution in [0.5, 0.6) is 0 Å². The number of hydrogen-bond acceptors (Lipinski definition) is 11. The molecule has 3 saturated heterocycles. The lowest BCUT2D eigenvalue weighted by Gasteiger charge is -2.38. The molecular formula is C24H34ClN9O3. The van der Waals surface area contributed by atoms with E-state index in [0.29, 0.717) is 45.3 Å². The molecule has 0 radical (unpaired) electrons. The van der Waals surface area contributed by atoms with E-state index in [1.807, 2.05) is 4.90 Å². The number of anilines is 3. The SMILES string of the molecule is C[C@]1(N2CCc3c(-c4cnc(N)nc4)nc(N4CCOCC4)nc32)CCN(C(=O)C2(N)CCOC2)C1.Cl. The first-order chi connectivity index (χ1) is 17.4. The Hall–Kier alpha value is -2.80. The Morgan fingerprint density at radius 1 is 1.03 bits per heavy atom. The predicted octanol–water partition coefficient (Wildman–Crippen LogP) is 0.246. The quantitative estimate of drug-likeness (QED) is 0.558. The zero-order valence-corrected chi connectivity index (χ0v) is 21.9. The predicted molar refractivity (Wildman–Crippen MR) is 141 cm³/mol. The van der Waals surface area contributed by atoms with Gasteiger partial charge in [0.25, 0.3) is 0 Å². The van der Waals surface area contributed by atoms with Crippen LogP contribution < -0.4 is 21.3 Å². The smallest absolute Gasteiger partial charge is 0.245 e. The van der Waals surface area contributed by atoms with Crippen LogP contribution in [-0.2, 0) is 20.7 Å². The fourth-order valence-electron chi connectivity index (χ4n) is 5.78. The van der Waals surface area contributed by atoms with Crippen molar-refractivity contribution in [3.8, 4) is 11.3 Å². The largest absolute Gasteiger partial charge is 0.379 e. The highest BCUT2D eigenvalue weighted by molar-refractivity contribution is 5.87. The third-order valence-corrected chi connectivity index (χ3v) is 7.92. The monoisotopic (exact) mass is 531 g/mol. The maximum atomic E-state index is 13.3. The Balaban J connectivity index is 0.00000280. The van der Waals surface area contributed by atoms with Gasteiger partial charge in [-0.05, 0) is 26.2 Å². The summed E-state index contributed by atoms with van der Waals surface area (Å²) in [6, 6.07) is 0. The number of hydrogen-bond donors (Lipinski definition) is 2.